The molecule has 0 spiro atoms. The Balaban J connectivity index is 1.65. The molecule has 0 bridgehead atoms. The van der Waals surface area contributed by atoms with Crippen LogP contribution in [0.5, 0.6) is 5.75 Å². The van der Waals surface area contributed by atoms with Gasteiger partial charge in [-0.15, -0.1) is 11.3 Å². The van der Waals surface area contributed by atoms with Crippen LogP contribution in [0.1, 0.15) is 52.7 Å². The fraction of sp³-hybridized carbons (Fsp3) is 0.259. The van der Waals surface area contributed by atoms with Gasteiger partial charge in [0.15, 0.2) is 0 Å². The van der Waals surface area contributed by atoms with Gasteiger partial charge in [0, 0.05) is 40.2 Å². The number of fused-ring (bicyclic) bond motifs is 3. The van der Waals surface area contributed by atoms with Crippen molar-refractivity contribution in [1.82, 2.24) is 0 Å². The van der Waals surface area contributed by atoms with E-state index in [-0.39, 0.29) is 5.91 Å². The van der Waals surface area contributed by atoms with E-state index in [1.807, 2.05) is 36.4 Å². The topological polar surface area (TPSA) is 102 Å². The van der Waals surface area contributed by atoms with E-state index in [0.29, 0.717) is 54.1 Å². The van der Waals surface area contributed by atoms with E-state index in [1.165, 1.54) is 5.56 Å². The minimum Gasteiger partial charge on any atom is -0.493 e. The number of ether oxygens (including phenoxy) is 1. The number of carboxylic acids is 1. The molecule has 4 N–H and O–H groups in total. The van der Waals surface area contributed by atoms with Crippen molar-refractivity contribution in [3.05, 3.63) is 75.7 Å². The van der Waals surface area contributed by atoms with Crippen molar-refractivity contribution >= 4 is 34.5 Å². The Hall–Kier alpha value is -3.42. The molecule has 5 rings (SSSR count). The van der Waals surface area contributed by atoms with Crippen LogP contribution in [-0.4, -0.2) is 23.6 Å². The van der Waals surface area contributed by atoms with E-state index in [4.69, 9.17) is 10.5 Å². The van der Waals surface area contributed by atoms with Gasteiger partial charge in [0.25, 0.3) is 5.91 Å². The summed E-state index contributed by atoms with van der Waals surface area (Å²) in [4.78, 5) is 26.7. The summed E-state index contributed by atoms with van der Waals surface area (Å²) < 4.78 is 6.09. The number of aliphatic carboxylic acids is 1. The zero-order valence-corrected chi connectivity index (χ0v) is 19.5. The smallest absolute Gasteiger partial charge is 0.331 e. The third-order valence-corrected chi connectivity index (χ3v) is 7.47. The van der Waals surface area contributed by atoms with Gasteiger partial charge in [-0.3, -0.25) is 4.79 Å². The third-order valence-electron chi connectivity index (χ3n) is 6.48. The first-order valence-electron chi connectivity index (χ1n) is 11.5. The van der Waals surface area contributed by atoms with Crippen molar-refractivity contribution in [2.75, 3.05) is 11.9 Å². The van der Waals surface area contributed by atoms with Gasteiger partial charge < -0.3 is 20.9 Å². The summed E-state index contributed by atoms with van der Waals surface area (Å²) in [7, 11) is 0. The maximum absolute atomic E-state index is 13.6. The van der Waals surface area contributed by atoms with Gasteiger partial charge in [-0.05, 0) is 83.7 Å². The predicted octanol–water partition coefficient (Wildman–Crippen LogP) is 5.47. The maximum atomic E-state index is 13.6. The van der Waals surface area contributed by atoms with Gasteiger partial charge in [-0.1, -0.05) is 12.1 Å². The molecule has 2 heterocycles. The second kappa shape index (κ2) is 9.44. The summed E-state index contributed by atoms with van der Waals surface area (Å²) in [5.41, 5.74) is 11.6. The van der Waals surface area contributed by atoms with Crippen molar-refractivity contribution in [3.63, 3.8) is 0 Å². The molecule has 7 heteroatoms. The first kappa shape index (κ1) is 22.4. The summed E-state index contributed by atoms with van der Waals surface area (Å²) in [5, 5.41) is 14.9. The second-order valence-corrected chi connectivity index (χ2v) is 9.51. The van der Waals surface area contributed by atoms with Crippen molar-refractivity contribution in [2.24, 2.45) is 5.73 Å². The molecule has 0 radical (unpaired) electrons. The molecule has 2 aliphatic rings. The average Bonchev–Trinajstić information content (AvgIpc) is 3.25. The van der Waals surface area contributed by atoms with Gasteiger partial charge >= 0.3 is 5.97 Å². The lowest BCUT2D eigenvalue weighted by atomic mass is 9.84. The van der Waals surface area contributed by atoms with Crippen LogP contribution in [0, 0.1) is 0 Å². The van der Waals surface area contributed by atoms with Crippen LogP contribution >= 0.6 is 11.3 Å². The van der Waals surface area contributed by atoms with Gasteiger partial charge in [-0.25, -0.2) is 4.79 Å². The van der Waals surface area contributed by atoms with Crippen molar-refractivity contribution in [1.29, 1.82) is 0 Å². The van der Waals surface area contributed by atoms with Gasteiger partial charge in [0.05, 0.1) is 6.61 Å². The van der Waals surface area contributed by atoms with Crippen LogP contribution in [0.3, 0.4) is 0 Å². The van der Waals surface area contributed by atoms with Crippen LogP contribution in [0.2, 0.25) is 0 Å². The van der Waals surface area contributed by atoms with Crippen LogP contribution in [-0.2, 0) is 17.8 Å². The number of nitrogens with one attached hydrogen (secondary N) is 1. The van der Waals surface area contributed by atoms with E-state index in [9.17, 15) is 14.7 Å². The molecule has 6 nitrogen and oxygen atoms in total. The molecular formula is C27H26N2O4S. The Labute approximate surface area is 202 Å². The SMILES string of the molecule is NCc1ccc(NC(=O)c2cc3c(cc2C2=C(C(=O)O)CCCC2)OCCc2ccsc2-3)cc1. The van der Waals surface area contributed by atoms with Gasteiger partial charge in [0.1, 0.15) is 5.75 Å². The molecule has 0 saturated carbocycles. The Morgan fingerprint density at radius 2 is 1.82 bits per heavy atom. The number of benzene rings is 2. The highest BCUT2D eigenvalue weighted by molar-refractivity contribution is 7.13. The molecule has 174 valence electrons. The molecule has 1 aromatic heterocycles. The lowest BCUT2D eigenvalue weighted by Crippen LogP contribution is -2.17. The van der Waals surface area contributed by atoms with Crippen molar-refractivity contribution in [3.8, 4) is 16.2 Å². The number of hydrogen-bond acceptors (Lipinski definition) is 5. The number of thiophene rings is 1. The summed E-state index contributed by atoms with van der Waals surface area (Å²) in [6, 6.07) is 13.3. The van der Waals surface area contributed by atoms with Crippen LogP contribution < -0.4 is 15.8 Å². The minimum absolute atomic E-state index is 0.275. The lowest BCUT2D eigenvalue weighted by molar-refractivity contribution is -0.132. The van der Waals surface area contributed by atoms with Crippen LogP contribution in [0.15, 0.2) is 53.4 Å². The zero-order valence-electron chi connectivity index (χ0n) is 18.7. The standard InChI is InChI=1S/C27H26N2O4S/c28-15-16-5-7-18(8-6-16)29-26(30)22-13-23-24(33-11-9-17-10-12-34-25(17)23)14-21(22)19-3-1-2-4-20(19)27(31)32/h5-8,10,12-14H,1-4,9,11,15,28H2,(H,29,30)(H,31,32). The fourth-order valence-corrected chi connectivity index (χ4v) is 5.69. The Morgan fingerprint density at radius 1 is 1.03 bits per heavy atom. The quantitative estimate of drug-likeness (QED) is 0.455. The van der Waals surface area contributed by atoms with Crippen LogP contribution in [0.4, 0.5) is 5.69 Å². The predicted molar refractivity (Wildman–Crippen MR) is 134 cm³/mol. The number of rotatable bonds is 5. The molecule has 1 amide bonds. The van der Waals surface area contributed by atoms with Gasteiger partial charge in [-0.2, -0.15) is 0 Å². The number of amides is 1. The van der Waals surface area contributed by atoms with E-state index < -0.39 is 5.97 Å². The zero-order chi connectivity index (χ0) is 23.7. The first-order chi connectivity index (χ1) is 16.5. The summed E-state index contributed by atoms with van der Waals surface area (Å²) >= 11 is 1.63. The average molecular weight is 475 g/mol. The number of carbonyl (C=O) groups is 2. The molecule has 0 atom stereocenters. The Bertz CT molecular complexity index is 1290. The highest BCUT2D eigenvalue weighted by Gasteiger charge is 2.27. The number of anilines is 1. The van der Waals surface area contributed by atoms with E-state index in [1.54, 1.807) is 11.3 Å². The highest BCUT2D eigenvalue weighted by Crippen LogP contribution is 2.44. The van der Waals surface area contributed by atoms with Gasteiger partial charge in [0.2, 0.25) is 0 Å². The molecule has 0 saturated heterocycles. The number of carbonyl (C=O) groups excluding carboxylic acids is 1. The fourth-order valence-electron chi connectivity index (χ4n) is 4.72. The molecule has 2 aromatic carbocycles. The molecule has 1 aliphatic heterocycles. The Kier molecular flexibility index (Phi) is 6.22. The minimum atomic E-state index is -0.921. The summed E-state index contributed by atoms with van der Waals surface area (Å²) in [6.45, 7) is 0.971. The lowest BCUT2D eigenvalue weighted by Gasteiger charge is -2.22. The third kappa shape index (κ3) is 4.24. The van der Waals surface area contributed by atoms with E-state index in [2.05, 4.69) is 16.8 Å². The number of allylic oxidation sites excluding steroid dienone is 1. The molecule has 0 fully saturated rings. The summed E-state index contributed by atoms with van der Waals surface area (Å²) in [6.07, 6.45) is 3.64. The molecule has 3 aromatic rings. The van der Waals surface area contributed by atoms with Crippen molar-refractivity contribution < 1.29 is 19.4 Å². The monoisotopic (exact) mass is 474 g/mol. The first-order valence-corrected chi connectivity index (χ1v) is 12.4. The summed E-state index contributed by atoms with van der Waals surface area (Å²) in [5.74, 6) is -0.499. The molecule has 0 unspecified atom stereocenters. The largest absolute Gasteiger partial charge is 0.493 e. The highest BCUT2D eigenvalue weighted by atomic mass is 32.1. The number of nitrogens with two attached hydrogens (primary N) is 1. The van der Waals surface area contributed by atoms with Crippen LogP contribution in [0.25, 0.3) is 16.0 Å². The van der Waals surface area contributed by atoms with E-state index >= 15 is 0 Å². The Morgan fingerprint density at radius 3 is 2.59 bits per heavy atom. The normalized spacial score (nSPS) is 15.1. The number of hydrogen-bond donors (Lipinski definition) is 3. The molecular weight excluding hydrogens is 448 g/mol. The molecule has 1 aliphatic carbocycles. The second-order valence-electron chi connectivity index (χ2n) is 8.59. The van der Waals surface area contributed by atoms with Crippen molar-refractivity contribution in [2.45, 2.75) is 38.6 Å². The maximum Gasteiger partial charge on any atom is 0.331 e. The van der Waals surface area contributed by atoms with E-state index in [0.717, 1.165) is 40.8 Å². The number of carboxylic acid groups (broad SMARTS) is 1. The molecule has 34 heavy (non-hydrogen) atoms.